The van der Waals surface area contributed by atoms with Crippen LogP contribution >= 0.6 is 11.6 Å². The largest absolute Gasteiger partial charge is 0.490 e. The van der Waals surface area contributed by atoms with Gasteiger partial charge in [0.1, 0.15) is 24.1 Å². The van der Waals surface area contributed by atoms with Crippen molar-refractivity contribution in [2.45, 2.75) is 43.8 Å². The lowest BCUT2D eigenvalue weighted by atomic mass is 10.1. The fraction of sp³-hybridized carbons (Fsp3) is 0.429. The highest BCUT2D eigenvalue weighted by Gasteiger charge is 2.37. The van der Waals surface area contributed by atoms with Crippen molar-refractivity contribution in [1.82, 2.24) is 20.4 Å². The molecule has 3 heterocycles. The van der Waals surface area contributed by atoms with E-state index in [0.29, 0.717) is 41.7 Å². The molecule has 2 aromatic rings. The Hall–Kier alpha value is -3.09. The van der Waals surface area contributed by atoms with E-state index in [0.717, 1.165) is 19.3 Å². The summed E-state index contributed by atoms with van der Waals surface area (Å²) in [6.45, 7) is 0.978. The molecule has 0 saturated carbocycles. The normalized spacial score (nSPS) is 22.8. The number of rotatable bonds is 6. The number of amides is 2. The lowest BCUT2D eigenvalue weighted by Gasteiger charge is -2.24. The topological polar surface area (TPSA) is 123 Å². The van der Waals surface area contributed by atoms with Crippen molar-refractivity contribution in [1.29, 1.82) is 5.26 Å². The third kappa shape index (κ3) is 4.81. The van der Waals surface area contributed by atoms with E-state index in [1.54, 1.807) is 29.2 Å². The Bertz CT molecular complexity index is 989. The monoisotopic (exact) mass is 442 g/mol. The third-order valence-electron chi connectivity index (χ3n) is 5.60. The Labute approximate surface area is 184 Å². The van der Waals surface area contributed by atoms with Crippen molar-refractivity contribution in [3.63, 3.8) is 0 Å². The van der Waals surface area contributed by atoms with Gasteiger partial charge < -0.3 is 15.0 Å². The van der Waals surface area contributed by atoms with Gasteiger partial charge in [-0.1, -0.05) is 11.6 Å². The number of halogens is 1. The molecule has 0 aliphatic carbocycles. The molecule has 2 aliphatic rings. The number of hydrogen-bond acceptors (Lipinski definition) is 6. The van der Waals surface area contributed by atoms with Crippen LogP contribution < -0.4 is 15.4 Å². The zero-order valence-electron chi connectivity index (χ0n) is 16.8. The smallest absolute Gasteiger partial charge is 0.273 e. The van der Waals surface area contributed by atoms with Gasteiger partial charge in [0.05, 0.1) is 17.1 Å². The average Bonchev–Trinajstić information content (AvgIpc) is 3.55. The Morgan fingerprint density at radius 3 is 2.97 bits per heavy atom. The zero-order valence-corrected chi connectivity index (χ0v) is 17.6. The molecule has 0 radical (unpaired) electrons. The molecule has 1 aromatic heterocycles. The number of likely N-dealkylation sites (tertiary alicyclic amines) is 1. The van der Waals surface area contributed by atoms with E-state index in [9.17, 15) is 14.9 Å². The number of carbonyl (C=O) groups excluding carboxylic acids is 2. The average molecular weight is 443 g/mol. The Balaban J connectivity index is 1.32. The molecule has 162 valence electrons. The van der Waals surface area contributed by atoms with E-state index in [4.69, 9.17) is 16.3 Å². The molecule has 2 fully saturated rings. The van der Waals surface area contributed by atoms with Crippen molar-refractivity contribution in [3.8, 4) is 11.8 Å². The summed E-state index contributed by atoms with van der Waals surface area (Å²) in [5.74, 6) is 0.125. The van der Waals surface area contributed by atoms with Gasteiger partial charge in [0.25, 0.3) is 5.91 Å². The van der Waals surface area contributed by atoms with E-state index in [-0.39, 0.29) is 29.9 Å². The highest BCUT2D eigenvalue weighted by atomic mass is 35.5. The molecule has 4 rings (SSSR count). The van der Waals surface area contributed by atoms with Gasteiger partial charge in [-0.15, -0.1) is 0 Å². The summed E-state index contributed by atoms with van der Waals surface area (Å²) in [5, 5.41) is 22.1. The van der Waals surface area contributed by atoms with Gasteiger partial charge in [-0.2, -0.15) is 10.4 Å². The first-order chi connectivity index (χ1) is 15.0. The Morgan fingerprint density at radius 2 is 2.19 bits per heavy atom. The van der Waals surface area contributed by atoms with E-state index in [1.165, 1.54) is 6.20 Å². The van der Waals surface area contributed by atoms with Crippen molar-refractivity contribution in [2.24, 2.45) is 0 Å². The fourth-order valence-electron chi connectivity index (χ4n) is 3.97. The van der Waals surface area contributed by atoms with Crippen LogP contribution in [0.25, 0.3) is 0 Å². The van der Waals surface area contributed by atoms with E-state index < -0.39 is 0 Å². The molecule has 2 saturated heterocycles. The SMILES string of the molecule is N#C[C@@H]1CCCN1C(=O)[C@@H]1CC[C@H](COc2cc(NC(=O)c3ccn[nH]3)ccc2Cl)N1. The summed E-state index contributed by atoms with van der Waals surface area (Å²) in [6.07, 6.45) is 4.61. The number of benzene rings is 1. The molecule has 2 amide bonds. The number of nitrogens with zero attached hydrogens (tertiary/aromatic N) is 3. The molecule has 2 aliphatic heterocycles. The van der Waals surface area contributed by atoms with E-state index >= 15 is 0 Å². The minimum absolute atomic E-state index is 0.00334. The van der Waals surface area contributed by atoms with Gasteiger partial charge >= 0.3 is 0 Å². The second kappa shape index (κ2) is 9.37. The maximum atomic E-state index is 12.7. The van der Waals surface area contributed by atoms with Crippen molar-refractivity contribution >= 4 is 29.1 Å². The van der Waals surface area contributed by atoms with Crippen LogP contribution in [-0.2, 0) is 4.79 Å². The number of nitrogens with one attached hydrogen (secondary N) is 3. The third-order valence-corrected chi connectivity index (χ3v) is 5.91. The van der Waals surface area contributed by atoms with Crippen LogP contribution in [0.3, 0.4) is 0 Å². The number of anilines is 1. The summed E-state index contributed by atoms with van der Waals surface area (Å²) in [4.78, 5) is 26.6. The van der Waals surface area contributed by atoms with Gasteiger partial charge in [0.15, 0.2) is 0 Å². The molecule has 31 heavy (non-hydrogen) atoms. The summed E-state index contributed by atoms with van der Waals surface area (Å²) >= 11 is 6.25. The van der Waals surface area contributed by atoms with Crippen LogP contribution in [0.1, 0.15) is 36.2 Å². The highest BCUT2D eigenvalue weighted by molar-refractivity contribution is 6.32. The first-order valence-corrected chi connectivity index (χ1v) is 10.6. The number of H-pyrrole nitrogens is 1. The lowest BCUT2D eigenvalue weighted by Crippen LogP contribution is -2.47. The van der Waals surface area contributed by atoms with Gasteiger partial charge in [-0.3, -0.25) is 20.0 Å². The molecule has 3 N–H and O–H groups in total. The number of aromatic nitrogens is 2. The molecule has 3 atom stereocenters. The van der Waals surface area contributed by atoms with Gasteiger partial charge in [-0.25, -0.2) is 0 Å². The van der Waals surface area contributed by atoms with E-state index in [2.05, 4.69) is 26.9 Å². The predicted molar refractivity (Wildman–Crippen MR) is 114 cm³/mol. The number of hydrogen-bond donors (Lipinski definition) is 3. The minimum atomic E-state index is -0.317. The van der Waals surface area contributed by atoms with E-state index in [1.807, 2.05) is 0 Å². The van der Waals surface area contributed by atoms with Crippen LogP contribution in [-0.4, -0.2) is 58.2 Å². The molecule has 0 unspecified atom stereocenters. The summed E-state index contributed by atoms with van der Waals surface area (Å²) < 4.78 is 5.89. The molecule has 10 heteroatoms. The number of nitriles is 1. The molecule has 1 aromatic carbocycles. The first kappa shape index (κ1) is 21.2. The van der Waals surface area contributed by atoms with Gasteiger partial charge in [0.2, 0.25) is 5.91 Å². The standard InChI is InChI=1S/C21H23ClN6O3/c22-16-5-3-13(26-20(29)17-7-8-24-27-17)10-19(16)31-12-14-4-6-18(25-14)21(30)28-9-1-2-15(28)11-23/h3,5,7-8,10,14-15,18,25H,1-2,4,6,9,12H2,(H,24,27)(H,26,29)/t14-,15+,18+/m1/s1. The Morgan fingerprint density at radius 1 is 1.32 bits per heavy atom. The van der Waals surface area contributed by atoms with Crippen LogP contribution in [0.15, 0.2) is 30.5 Å². The van der Waals surface area contributed by atoms with Crippen LogP contribution in [0.2, 0.25) is 5.02 Å². The first-order valence-electron chi connectivity index (χ1n) is 10.2. The maximum Gasteiger partial charge on any atom is 0.273 e. The zero-order chi connectivity index (χ0) is 21.8. The number of ether oxygens (including phenoxy) is 1. The predicted octanol–water partition coefficient (Wildman–Crippen LogP) is 2.33. The summed E-state index contributed by atoms with van der Waals surface area (Å²) in [6, 6.07) is 8.18. The van der Waals surface area contributed by atoms with Crippen LogP contribution in [0, 0.1) is 11.3 Å². The lowest BCUT2D eigenvalue weighted by molar-refractivity contribution is -0.133. The molecular weight excluding hydrogens is 420 g/mol. The highest BCUT2D eigenvalue weighted by Crippen LogP contribution is 2.29. The van der Waals surface area contributed by atoms with Gasteiger partial charge in [0, 0.05) is 30.5 Å². The van der Waals surface area contributed by atoms with Crippen LogP contribution in [0.4, 0.5) is 5.69 Å². The molecule has 0 bridgehead atoms. The molecule has 9 nitrogen and oxygen atoms in total. The summed E-state index contributed by atoms with van der Waals surface area (Å²) in [5.41, 5.74) is 0.892. The number of aromatic amines is 1. The Kier molecular flexibility index (Phi) is 6.39. The molecule has 0 spiro atoms. The second-order valence-corrected chi connectivity index (χ2v) is 8.10. The molecular formula is C21H23ClN6O3. The fourth-order valence-corrected chi connectivity index (χ4v) is 4.15. The van der Waals surface area contributed by atoms with Crippen LogP contribution in [0.5, 0.6) is 5.75 Å². The number of carbonyl (C=O) groups is 2. The van der Waals surface area contributed by atoms with Gasteiger partial charge in [-0.05, 0) is 43.9 Å². The summed E-state index contributed by atoms with van der Waals surface area (Å²) in [7, 11) is 0. The van der Waals surface area contributed by atoms with Crippen molar-refractivity contribution < 1.29 is 14.3 Å². The van der Waals surface area contributed by atoms with Crippen molar-refractivity contribution in [3.05, 3.63) is 41.2 Å². The minimum Gasteiger partial charge on any atom is -0.490 e. The quantitative estimate of drug-likeness (QED) is 0.630. The second-order valence-electron chi connectivity index (χ2n) is 7.69. The maximum absolute atomic E-state index is 12.7. The van der Waals surface area contributed by atoms with Crippen molar-refractivity contribution in [2.75, 3.05) is 18.5 Å².